The summed E-state index contributed by atoms with van der Waals surface area (Å²) >= 11 is 4.64. The van der Waals surface area contributed by atoms with Crippen LogP contribution in [0.4, 0.5) is 5.69 Å². The average molecular weight is 633 g/mol. The van der Waals surface area contributed by atoms with E-state index < -0.39 is 29.8 Å². The molecule has 15 heteroatoms. The van der Waals surface area contributed by atoms with Crippen LogP contribution in [0.3, 0.4) is 0 Å². The third kappa shape index (κ3) is 51.5. The van der Waals surface area contributed by atoms with E-state index in [4.69, 9.17) is 55.2 Å². The van der Waals surface area contributed by atoms with Crippen LogP contribution in [0.15, 0.2) is 29.3 Å². The fraction of sp³-hybridized carbons (Fsp3) is 0.571. The summed E-state index contributed by atoms with van der Waals surface area (Å²) in [6.45, 7) is 9.02. The van der Waals surface area contributed by atoms with Crippen LogP contribution < -0.4 is 16.4 Å². The highest BCUT2D eigenvalue weighted by atomic mass is 32.1. The van der Waals surface area contributed by atoms with E-state index in [1.807, 2.05) is 12.1 Å². The van der Waals surface area contributed by atoms with Crippen LogP contribution >= 0.6 is 12.2 Å². The van der Waals surface area contributed by atoms with Gasteiger partial charge in [-0.05, 0) is 55.1 Å². The van der Waals surface area contributed by atoms with Gasteiger partial charge in [-0.1, -0.05) is 25.0 Å². The van der Waals surface area contributed by atoms with Gasteiger partial charge in [-0.3, -0.25) is 24.0 Å². The summed E-state index contributed by atoms with van der Waals surface area (Å²) in [6, 6.07) is 9.01. The molecule has 14 nitrogen and oxygen atoms in total. The van der Waals surface area contributed by atoms with Gasteiger partial charge in [0.1, 0.15) is 0 Å². The number of carboxylic acid groups (broad SMARTS) is 5. The second kappa shape index (κ2) is 32.8. The van der Waals surface area contributed by atoms with Crippen LogP contribution in [0.2, 0.25) is 0 Å². The summed E-state index contributed by atoms with van der Waals surface area (Å²) in [5.41, 5.74) is 7.76. The van der Waals surface area contributed by atoms with Crippen molar-refractivity contribution in [3.63, 3.8) is 0 Å². The Labute approximate surface area is 258 Å². The molecular formula is C28H48N4O10S. The zero-order valence-electron chi connectivity index (χ0n) is 25.5. The smallest absolute Gasteiger partial charge is 0.300 e. The molecule has 1 saturated carbocycles. The number of isothiocyanates is 1. The number of hydrogen-bond donors (Lipinski definition) is 8. The van der Waals surface area contributed by atoms with Gasteiger partial charge < -0.3 is 41.9 Å². The molecule has 1 aromatic carbocycles. The Bertz CT molecular complexity index is 866. The fourth-order valence-electron chi connectivity index (χ4n) is 3.36. The minimum absolute atomic E-state index is 0.627. The molecule has 1 fully saturated rings. The molecule has 9 N–H and O–H groups in total. The van der Waals surface area contributed by atoms with Crippen molar-refractivity contribution < 1.29 is 49.5 Å². The Hall–Kier alpha value is -3.75. The Balaban J connectivity index is -0.000000309. The van der Waals surface area contributed by atoms with E-state index in [-0.39, 0.29) is 0 Å². The molecule has 1 aromatic rings. The van der Waals surface area contributed by atoms with Crippen LogP contribution in [0, 0.1) is 5.92 Å². The number of benzene rings is 1. The van der Waals surface area contributed by atoms with Gasteiger partial charge >= 0.3 is 0 Å². The highest BCUT2D eigenvalue weighted by Gasteiger charge is 2.24. The first-order valence-electron chi connectivity index (χ1n) is 13.3. The van der Waals surface area contributed by atoms with Crippen molar-refractivity contribution in [2.45, 2.75) is 72.8 Å². The van der Waals surface area contributed by atoms with Crippen molar-refractivity contribution in [2.75, 3.05) is 26.2 Å². The number of nitrogens with two attached hydrogens (primary N) is 1. The number of carbonyl (C=O) groups is 5. The molecule has 0 bridgehead atoms. The number of aliphatic carboxylic acids is 5. The Morgan fingerprint density at radius 2 is 1.21 bits per heavy atom. The second-order valence-electron chi connectivity index (χ2n) is 8.81. The lowest BCUT2D eigenvalue weighted by Gasteiger charge is -2.32. The van der Waals surface area contributed by atoms with Gasteiger partial charge in [0, 0.05) is 66.8 Å². The molecule has 0 aromatic heterocycles. The molecule has 0 unspecified atom stereocenters. The molecule has 0 aliphatic heterocycles. The number of rotatable bonds is 9. The predicted molar refractivity (Wildman–Crippen MR) is 167 cm³/mol. The van der Waals surface area contributed by atoms with Crippen LogP contribution in [-0.2, 0) is 30.4 Å². The van der Waals surface area contributed by atoms with Gasteiger partial charge in [0.05, 0.1) is 10.8 Å². The molecule has 0 radical (unpaired) electrons. The molecule has 0 saturated heterocycles. The van der Waals surface area contributed by atoms with E-state index in [9.17, 15) is 0 Å². The van der Waals surface area contributed by atoms with E-state index in [0.717, 1.165) is 72.3 Å². The number of nitrogens with one attached hydrogen (secondary N) is 2. The van der Waals surface area contributed by atoms with Gasteiger partial charge in [-0.25, -0.2) is 0 Å². The standard InChI is InChI=1S/C18H28N4S.5C2H4O2/c19-9-10-20-11-12-21-18-4-2-1-3-16(18)13-15-5-7-17(8-6-15)22-14-23;5*1-2(3)4/h5-8,16,18,20-21H,1-4,9-13,19H2;5*1H3,(H,3,4)/t16-,18+;;;;;/m0...../s1. The van der Waals surface area contributed by atoms with E-state index in [0.29, 0.717) is 12.6 Å². The maximum absolute atomic E-state index is 9.00. The quantitative estimate of drug-likeness (QED) is 0.111. The van der Waals surface area contributed by atoms with Gasteiger partial charge in [0.2, 0.25) is 0 Å². The monoisotopic (exact) mass is 632 g/mol. The van der Waals surface area contributed by atoms with Crippen molar-refractivity contribution in [3.8, 4) is 0 Å². The zero-order valence-corrected chi connectivity index (χ0v) is 26.4. The van der Waals surface area contributed by atoms with Crippen LogP contribution in [0.25, 0.3) is 0 Å². The Morgan fingerprint density at radius 3 is 1.60 bits per heavy atom. The van der Waals surface area contributed by atoms with Crippen molar-refractivity contribution in [2.24, 2.45) is 16.6 Å². The first-order valence-corrected chi connectivity index (χ1v) is 13.7. The van der Waals surface area contributed by atoms with E-state index >= 15 is 0 Å². The average Bonchev–Trinajstić information content (AvgIpc) is 2.85. The molecule has 43 heavy (non-hydrogen) atoms. The van der Waals surface area contributed by atoms with Gasteiger partial charge in [0.15, 0.2) is 0 Å². The lowest BCUT2D eigenvalue weighted by molar-refractivity contribution is -0.135. The summed E-state index contributed by atoms with van der Waals surface area (Å²) in [7, 11) is 0. The van der Waals surface area contributed by atoms with Crippen molar-refractivity contribution in [1.29, 1.82) is 0 Å². The third-order valence-electron chi connectivity index (χ3n) is 4.55. The molecule has 0 spiro atoms. The molecular weight excluding hydrogens is 584 g/mol. The van der Waals surface area contributed by atoms with Crippen molar-refractivity contribution >= 4 is 52.9 Å². The van der Waals surface area contributed by atoms with Crippen LogP contribution in [0.5, 0.6) is 0 Å². The molecule has 0 amide bonds. The summed E-state index contributed by atoms with van der Waals surface area (Å²) in [5.74, 6) is -3.45. The van der Waals surface area contributed by atoms with E-state index in [1.165, 1.54) is 31.2 Å². The molecule has 2 atom stereocenters. The van der Waals surface area contributed by atoms with Gasteiger partial charge in [-0.2, -0.15) is 4.99 Å². The number of thiocarbonyl (C=S) groups is 1. The Kier molecular flexibility index (Phi) is 35.2. The fourth-order valence-corrected chi connectivity index (χ4v) is 3.46. The maximum atomic E-state index is 9.00. The minimum atomic E-state index is -0.833. The lowest BCUT2D eigenvalue weighted by atomic mass is 9.80. The number of aliphatic imine (C=N–C) groups is 1. The normalized spacial score (nSPS) is 14.1. The van der Waals surface area contributed by atoms with E-state index in [2.05, 4.69) is 45.1 Å². The largest absolute Gasteiger partial charge is 0.481 e. The zero-order chi connectivity index (χ0) is 34.2. The van der Waals surface area contributed by atoms with Gasteiger partial charge in [0.25, 0.3) is 29.8 Å². The molecule has 2 rings (SSSR count). The Morgan fingerprint density at radius 1 is 0.791 bits per heavy atom. The molecule has 1 aliphatic carbocycles. The van der Waals surface area contributed by atoms with E-state index in [1.54, 1.807) is 0 Å². The van der Waals surface area contributed by atoms with Crippen LogP contribution in [0.1, 0.15) is 65.9 Å². The minimum Gasteiger partial charge on any atom is -0.481 e. The highest BCUT2D eigenvalue weighted by Crippen LogP contribution is 2.28. The lowest BCUT2D eigenvalue weighted by Crippen LogP contribution is -2.42. The second-order valence-corrected chi connectivity index (χ2v) is 9.00. The predicted octanol–water partition coefficient (Wildman–Crippen LogP) is 3.11. The summed E-state index contributed by atoms with van der Waals surface area (Å²) in [6.07, 6.45) is 6.42. The highest BCUT2D eigenvalue weighted by molar-refractivity contribution is 7.78. The van der Waals surface area contributed by atoms with Crippen molar-refractivity contribution in [3.05, 3.63) is 29.8 Å². The topological polar surface area (TPSA) is 249 Å². The van der Waals surface area contributed by atoms with Crippen molar-refractivity contribution in [1.82, 2.24) is 10.6 Å². The summed E-state index contributed by atoms with van der Waals surface area (Å²) in [5, 5.41) is 46.6. The number of carboxylic acids is 5. The first-order chi connectivity index (χ1) is 20.0. The van der Waals surface area contributed by atoms with Crippen LogP contribution in [-0.4, -0.2) is 92.8 Å². The SMILES string of the molecule is CC(=O)O.CC(=O)O.CC(=O)O.CC(=O)O.CC(=O)O.NCCNCCN[C@@H]1CCCC[C@H]1Cc1ccc(N=C=S)cc1. The summed E-state index contributed by atoms with van der Waals surface area (Å²) < 4.78 is 0. The maximum Gasteiger partial charge on any atom is 0.300 e. The molecule has 246 valence electrons. The molecule has 1 aliphatic rings. The third-order valence-corrected chi connectivity index (χ3v) is 4.64. The number of nitrogens with zero attached hydrogens (tertiary/aromatic N) is 1. The van der Waals surface area contributed by atoms with Gasteiger partial charge in [-0.15, -0.1) is 0 Å². The molecule has 0 heterocycles. The summed E-state index contributed by atoms with van der Waals surface area (Å²) in [4.78, 5) is 49.0. The number of hydrogen-bond acceptors (Lipinski definition) is 10. The first kappa shape index (κ1) is 46.2.